The molecule has 0 radical (unpaired) electrons. The van der Waals surface area contributed by atoms with Crippen molar-refractivity contribution in [3.63, 3.8) is 0 Å². The Morgan fingerprint density at radius 1 is 1.24 bits per heavy atom. The Morgan fingerprint density at radius 2 is 2.07 bits per heavy atom. The van der Waals surface area contributed by atoms with Crippen LogP contribution in [0.2, 0.25) is 0 Å². The molecule has 7 heteroatoms. The number of para-hydroxylation sites is 1. The first kappa shape index (κ1) is 19.3. The zero-order valence-electron chi connectivity index (χ0n) is 16.6. The topological polar surface area (TPSA) is 77.5 Å². The fraction of sp³-hybridized carbons (Fsp3) is 0.318. The lowest BCUT2D eigenvalue weighted by atomic mass is 10.0. The third-order valence-corrected chi connectivity index (χ3v) is 5.24. The van der Waals surface area contributed by atoms with Crippen molar-refractivity contribution in [1.29, 1.82) is 0 Å². The Morgan fingerprint density at radius 3 is 2.76 bits per heavy atom. The molecule has 2 aromatic rings. The van der Waals surface area contributed by atoms with Gasteiger partial charge in [-0.05, 0) is 31.2 Å². The summed E-state index contributed by atoms with van der Waals surface area (Å²) in [5.41, 5.74) is 1.67. The number of allylic oxidation sites excluding steroid dienone is 1. The number of methoxy groups -OCH3 is 2. The average Bonchev–Trinajstić information content (AvgIpc) is 3.27. The first-order valence-electron chi connectivity index (χ1n) is 9.35. The number of aromatic hydroxyl groups is 1. The number of phenolic OH excluding ortho intramolecular Hbond substituents is 1. The minimum Gasteiger partial charge on any atom is -0.507 e. The predicted molar refractivity (Wildman–Crippen MR) is 106 cm³/mol. The summed E-state index contributed by atoms with van der Waals surface area (Å²) in [6.07, 6.45) is 1.63. The molecule has 1 atom stereocenters. The zero-order chi connectivity index (χ0) is 20.5. The maximum Gasteiger partial charge on any atom is 0.231 e. The number of ether oxygens (including phenoxy) is 4. The molecule has 2 heterocycles. The summed E-state index contributed by atoms with van der Waals surface area (Å²) in [4.78, 5) is 15.0. The van der Waals surface area contributed by atoms with E-state index in [0.717, 1.165) is 0 Å². The molecule has 0 aliphatic carbocycles. The van der Waals surface area contributed by atoms with Crippen molar-refractivity contribution in [2.45, 2.75) is 19.5 Å². The quantitative estimate of drug-likeness (QED) is 0.777. The van der Waals surface area contributed by atoms with Gasteiger partial charge in [0.25, 0.3) is 0 Å². The molecule has 0 amide bonds. The molecule has 29 heavy (non-hydrogen) atoms. The number of carbonyl (C=O) groups is 1. The molecule has 0 saturated carbocycles. The van der Waals surface area contributed by atoms with Crippen LogP contribution < -0.4 is 14.2 Å². The van der Waals surface area contributed by atoms with E-state index < -0.39 is 0 Å². The van der Waals surface area contributed by atoms with Gasteiger partial charge in [-0.3, -0.25) is 9.69 Å². The van der Waals surface area contributed by atoms with E-state index in [1.54, 1.807) is 32.4 Å². The lowest BCUT2D eigenvalue weighted by Crippen LogP contribution is -2.27. The maximum absolute atomic E-state index is 12.9. The molecule has 4 rings (SSSR count). The van der Waals surface area contributed by atoms with Crippen LogP contribution in [0.25, 0.3) is 6.08 Å². The van der Waals surface area contributed by atoms with Crippen molar-refractivity contribution in [3.8, 4) is 23.0 Å². The summed E-state index contributed by atoms with van der Waals surface area (Å²) in [5.74, 6) is 1.49. The molecule has 7 nitrogen and oxygen atoms in total. The van der Waals surface area contributed by atoms with Gasteiger partial charge in [0, 0.05) is 18.2 Å². The molecular formula is C22H23NO6. The summed E-state index contributed by atoms with van der Waals surface area (Å²) >= 11 is 0. The summed E-state index contributed by atoms with van der Waals surface area (Å²) in [5, 5.41) is 10.4. The average molecular weight is 397 g/mol. The minimum absolute atomic E-state index is 0.0934. The number of benzene rings is 2. The Balaban J connectivity index is 1.70. The fourth-order valence-electron chi connectivity index (χ4n) is 3.59. The lowest BCUT2D eigenvalue weighted by molar-refractivity contribution is 0.101. The molecule has 0 unspecified atom stereocenters. The van der Waals surface area contributed by atoms with E-state index in [2.05, 4.69) is 11.8 Å². The highest BCUT2D eigenvalue weighted by Gasteiger charge is 2.33. The molecular weight excluding hydrogens is 374 g/mol. The van der Waals surface area contributed by atoms with E-state index >= 15 is 0 Å². The smallest absolute Gasteiger partial charge is 0.231 e. The molecule has 1 N–H and O–H groups in total. The van der Waals surface area contributed by atoms with Crippen LogP contribution in [-0.2, 0) is 11.3 Å². The molecule has 0 bridgehead atoms. The Kier molecular flexibility index (Phi) is 5.17. The van der Waals surface area contributed by atoms with E-state index in [9.17, 15) is 9.90 Å². The third-order valence-electron chi connectivity index (χ3n) is 5.24. The second-order valence-electron chi connectivity index (χ2n) is 7.06. The maximum atomic E-state index is 12.9. The number of hydrogen-bond acceptors (Lipinski definition) is 7. The second-order valence-corrected chi connectivity index (χ2v) is 7.06. The van der Waals surface area contributed by atoms with E-state index in [0.29, 0.717) is 53.8 Å². The number of hydrogen-bond donors (Lipinski definition) is 1. The van der Waals surface area contributed by atoms with Crippen LogP contribution in [0.1, 0.15) is 28.4 Å². The van der Waals surface area contributed by atoms with Crippen LogP contribution in [0.4, 0.5) is 0 Å². The molecule has 1 fully saturated rings. The molecule has 152 valence electrons. The number of Topliss-reactive ketones (excluding diaryl/α,β-unsaturated/α-hetero) is 1. The summed E-state index contributed by atoms with van der Waals surface area (Å²) < 4.78 is 22.2. The van der Waals surface area contributed by atoms with Crippen LogP contribution in [0.15, 0.2) is 36.1 Å². The number of carbonyl (C=O) groups excluding carboxylic acids is 1. The summed E-state index contributed by atoms with van der Waals surface area (Å²) in [7, 11) is 3.10. The first-order chi connectivity index (χ1) is 14.0. The van der Waals surface area contributed by atoms with Crippen molar-refractivity contribution >= 4 is 11.9 Å². The largest absolute Gasteiger partial charge is 0.507 e. The van der Waals surface area contributed by atoms with E-state index in [4.69, 9.17) is 18.9 Å². The first-order valence-corrected chi connectivity index (χ1v) is 9.35. The van der Waals surface area contributed by atoms with E-state index in [1.165, 1.54) is 6.07 Å². The van der Waals surface area contributed by atoms with E-state index in [1.807, 2.05) is 12.1 Å². The standard InChI is InChI=1S/C22H23NO6/c1-13-11-28-12-23(13)10-16-17(24)8-7-15-20(25)19(29-22(15)16)9-14-5-4-6-18(26-2)21(14)27-3/h4-9,13,24H,10-12H2,1-3H3/b19-9-/t13-/m0/s1. The minimum atomic E-state index is -0.239. The van der Waals surface area contributed by atoms with Gasteiger partial charge in [-0.15, -0.1) is 0 Å². The highest BCUT2D eigenvalue weighted by molar-refractivity contribution is 6.15. The SMILES string of the molecule is COc1cccc(/C=C2\Oc3c(ccc(O)c3CN3COC[C@@H]3C)C2=O)c1OC. The molecule has 2 aliphatic heterocycles. The van der Waals surface area contributed by atoms with Crippen molar-refractivity contribution in [3.05, 3.63) is 52.8 Å². The highest BCUT2D eigenvalue weighted by atomic mass is 16.5. The Labute approximate surface area is 169 Å². The van der Waals surface area contributed by atoms with Gasteiger partial charge in [0.15, 0.2) is 17.3 Å². The van der Waals surface area contributed by atoms with Gasteiger partial charge < -0.3 is 24.1 Å². The number of ketones is 1. The van der Waals surface area contributed by atoms with Crippen molar-refractivity contribution < 1.29 is 28.8 Å². The van der Waals surface area contributed by atoms with Gasteiger partial charge in [0.2, 0.25) is 5.78 Å². The number of phenols is 1. The summed E-state index contributed by atoms with van der Waals surface area (Å²) in [6, 6.07) is 8.75. The molecule has 2 aromatic carbocycles. The van der Waals surface area contributed by atoms with Gasteiger partial charge in [-0.1, -0.05) is 12.1 Å². The van der Waals surface area contributed by atoms with Gasteiger partial charge in [0.05, 0.1) is 38.7 Å². The molecule has 0 aromatic heterocycles. The normalized spacial score (nSPS) is 20.0. The van der Waals surface area contributed by atoms with E-state index in [-0.39, 0.29) is 23.3 Å². The third kappa shape index (κ3) is 3.43. The lowest BCUT2D eigenvalue weighted by Gasteiger charge is -2.20. The van der Waals surface area contributed by atoms with Crippen LogP contribution in [0, 0.1) is 0 Å². The fourth-order valence-corrected chi connectivity index (χ4v) is 3.59. The Hall–Kier alpha value is -3.03. The van der Waals surface area contributed by atoms with Gasteiger partial charge >= 0.3 is 0 Å². The number of fused-ring (bicyclic) bond motifs is 1. The molecule has 1 saturated heterocycles. The van der Waals surface area contributed by atoms with Crippen LogP contribution >= 0.6 is 0 Å². The molecule has 0 spiro atoms. The van der Waals surface area contributed by atoms with Crippen LogP contribution in [0.5, 0.6) is 23.0 Å². The second kappa shape index (κ2) is 7.77. The van der Waals surface area contributed by atoms with Gasteiger partial charge in [-0.2, -0.15) is 0 Å². The van der Waals surface area contributed by atoms with Crippen molar-refractivity contribution in [1.82, 2.24) is 4.90 Å². The summed E-state index contributed by atoms with van der Waals surface area (Å²) in [6.45, 7) is 3.59. The van der Waals surface area contributed by atoms with Crippen LogP contribution in [-0.4, -0.2) is 49.4 Å². The predicted octanol–water partition coefficient (Wildman–Crippen LogP) is 3.20. The van der Waals surface area contributed by atoms with Crippen LogP contribution in [0.3, 0.4) is 0 Å². The number of nitrogens with zero attached hydrogens (tertiary/aromatic N) is 1. The zero-order valence-corrected chi connectivity index (χ0v) is 16.6. The van der Waals surface area contributed by atoms with Crippen molar-refractivity contribution in [2.75, 3.05) is 27.6 Å². The molecule has 2 aliphatic rings. The van der Waals surface area contributed by atoms with Gasteiger partial charge in [-0.25, -0.2) is 0 Å². The Bertz CT molecular complexity index is 984. The number of rotatable bonds is 5. The highest BCUT2D eigenvalue weighted by Crippen LogP contribution is 2.41. The van der Waals surface area contributed by atoms with Crippen molar-refractivity contribution in [2.24, 2.45) is 0 Å². The monoisotopic (exact) mass is 397 g/mol. The van der Waals surface area contributed by atoms with Gasteiger partial charge in [0.1, 0.15) is 11.5 Å².